The lowest BCUT2D eigenvalue weighted by molar-refractivity contribution is 0.149. The Morgan fingerprint density at radius 1 is 0.354 bits per heavy atom. The maximum atomic E-state index is 13.9. The standard InChI is InChI=1S/C44H43O3P/c45-48(46-35-43(41-27-15-5-16-28-41,31-37-19-7-1-8-20-37)32-38-21-9-2-10-22-38)47-36-44(42-29-17-6-18-30-42,33-39-23-11-3-12-24-39)34-40-25-13-4-14-26-40/h1-30,48H,31-36H2. The van der Waals surface area contributed by atoms with E-state index in [0.717, 1.165) is 36.8 Å². The molecule has 6 aromatic carbocycles. The van der Waals surface area contributed by atoms with Crippen molar-refractivity contribution in [3.8, 4) is 0 Å². The summed E-state index contributed by atoms with van der Waals surface area (Å²) in [6, 6.07) is 63.0. The Bertz CT molecular complexity index is 1590. The molecule has 48 heavy (non-hydrogen) atoms. The van der Waals surface area contributed by atoms with Crippen LogP contribution in [0.5, 0.6) is 0 Å². The van der Waals surface area contributed by atoms with Gasteiger partial charge < -0.3 is 9.05 Å². The monoisotopic (exact) mass is 650 g/mol. The van der Waals surface area contributed by atoms with Crippen molar-refractivity contribution in [3.05, 3.63) is 215 Å². The molecule has 0 heterocycles. The number of hydrogen-bond donors (Lipinski definition) is 0. The van der Waals surface area contributed by atoms with Crippen molar-refractivity contribution >= 4 is 8.25 Å². The summed E-state index contributed by atoms with van der Waals surface area (Å²) in [7, 11) is -2.88. The summed E-state index contributed by atoms with van der Waals surface area (Å²) in [6.07, 6.45) is 2.94. The molecule has 0 atom stereocenters. The van der Waals surface area contributed by atoms with E-state index in [0.29, 0.717) is 0 Å². The fourth-order valence-corrected chi connectivity index (χ4v) is 7.74. The van der Waals surface area contributed by atoms with Crippen LogP contribution in [0, 0.1) is 0 Å². The van der Waals surface area contributed by atoms with Gasteiger partial charge in [0, 0.05) is 10.8 Å². The van der Waals surface area contributed by atoms with Gasteiger partial charge in [-0.15, -0.1) is 0 Å². The topological polar surface area (TPSA) is 35.5 Å². The molecule has 0 saturated heterocycles. The second kappa shape index (κ2) is 16.5. The van der Waals surface area contributed by atoms with Gasteiger partial charge in [0.2, 0.25) is 0 Å². The first kappa shape index (κ1) is 33.4. The van der Waals surface area contributed by atoms with Crippen LogP contribution in [0.4, 0.5) is 0 Å². The highest BCUT2D eigenvalue weighted by molar-refractivity contribution is 7.33. The van der Waals surface area contributed by atoms with Gasteiger partial charge in [0.1, 0.15) is 0 Å². The lowest BCUT2D eigenvalue weighted by Crippen LogP contribution is -2.37. The SMILES string of the molecule is O=[PH](OCC(Cc1ccccc1)(Cc1ccccc1)c1ccccc1)OCC(Cc1ccccc1)(Cc1ccccc1)c1ccccc1. The normalized spacial score (nSPS) is 11.9. The van der Waals surface area contributed by atoms with E-state index < -0.39 is 19.1 Å². The van der Waals surface area contributed by atoms with E-state index in [4.69, 9.17) is 9.05 Å². The average molecular weight is 651 g/mol. The van der Waals surface area contributed by atoms with E-state index in [1.165, 1.54) is 22.3 Å². The van der Waals surface area contributed by atoms with Crippen LogP contribution in [0.2, 0.25) is 0 Å². The molecule has 0 aliphatic carbocycles. The van der Waals surface area contributed by atoms with Gasteiger partial charge in [0.05, 0.1) is 13.2 Å². The van der Waals surface area contributed by atoms with Crippen LogP contribution in [0.1, 0.15) is 33.4 Å². The molecule has 0 N–H and O–H groups in total. The Hall–Kier alpha value is -4.53. The summed E-state index contributed by atoms with van der Waals surface area (Å²) < 4.78 is 26.7. The minimum atomic E-state index is -2.88. The first-order valence-electron chi connectivity index (χ1n) is 16.7. The highest BCUT2D eigenvalue weighted by Gasteiger charge is 2.36. The Morgan fingerprint density at radius 3 is 0.833 bits per heavy atom. The summed E-state index contributed by atoms with van der Waals surface area (Å²) in [6.45, 7) is 0.516. The first-order valence-corrected chi connectivity index (χ1v) is 17.9. The number of hydrogen-bond acceptors (Lipinski definition) is 3. The van der Waals surface area contributed by atoms with Crippen molar-refractivity contribution in [3.63, 3.8) is 0 Å². The molecule has 0 radical (unpaired) electrons. The molecule has 242 valence electrons. The third kappa shape index (κ3) is 8.88. The van der Waals surface area contributed by atoms with Crippen LogP contribution < -0.4 is 0 Å². The Balaban J connectivity index is 1.29. The summed E-state index contributed by atoms with van der Waals surface area (Å²) in [4.78, 5) is 0. The zero-order chi connectivity index (χ0) is 32.9. The minimum absolute atomic E-state index is 0.258. The van der Waals surface area contributed by atoms with E-state index in [2.05, 4.69) is 146 Å². The fraction of sp³-hybridized carbons (Fsp3) is 0.182. The highest BCUT2D eigenvalue weighted by Crippen LogP contribution is 2.40. The van der Waals surface area contributed by atoms with Crippen molar-refractivity contribution in [1.29, 1.82) is 0 Å². The summed E-state index contributed by atoms with van der Waals surface area (Å²) >= 11 is 0. The smallest absolute Gasteiger partial charge is 0.310 e. The highest BCUT2D eigenvalue weighted by atomic mass is 31.1. The zero-order valence-electron chi connectivity index (χ0n) is 27.3. The molecular formula is C44H43O3P. The van der Waals surface area contributed by atoms with E-state index >= 15 is 0 Å². The molecule has 6 rings (SSSR count). The van der Waals surface area contributed by atoms with Crippen LogP contribution in [0.25, 0.3) is 0 Å². The first-order chi connectivity index (χ1) is 23.6. The lowest BCUT2D eigenvalue weighted by atomic mass is 9.72. The summed E-state index contributed by atoms with van der Waals surface area (Å²) in [5.41, 5.74) is 6.20. The van der Waals surface area contributed by atoms with E-state index in [9.17, 15) is 4.57 Å². The summed E-state index contributed by atoms with van der Waals surface area (Å²) in [5.74, 6) is 0. The van der Waals surface area contributed by atoms with Crippen molar-refractivity contribution in [2.24, 2.45) is 0 Å². The summed E-state index contributed by atoms with van der Waals surface area (Å²) in [5, 5.41) is 0. The van der Waals surface area contributed by atoms with Gasteiger partial charge in [-0.2, -0.15) is 0 Å². The van der Waals surface area contributed by atoms with Gasteiger partial charge in [0.15, 0.2) is 0 Å². The van der Waals surface area contributed by atoms with Crippen molar-refractivity contribution in [2.45, 2.75) is 36.5 Å². The molecule has 0 fully saturated rings. The number of rotatable bonds is 16. The minimum Gasteiger partial charge on any atom is -0.310 e. The van der Waals surface area contributed by atoms with Gasteiger partial charge >= 0.3 is 8.25 Å². The number of benzene rings is 6. The second-order valence-electron chi connectivity index (χ2n) is 12.8. The molecule has 0 amide bonds. The van der Waals surface area contributed by atoms with Crippen molar-refractivity contribution in [2.75, 3.05) is 13.2 Å². The van der Waals surface area contributed by atoms with Gasteiger partial charge in [-0.25, -0.2) is 0 Å². The average Bonchev–Trinajstić information content (AvgIpc) is 3.15. The van der Waals surface area contributed by atoms with Gasteiger partial charge in [0.25, 0.3) is 0 Å². The van der Waals surface area contributed by atoms with Crippen molar-refractivity contribution in [1.82, 2.24) is 0 Å². The Morgan fingerprint density at radius 2 is 0.583 bits per heavy atom. The molecule has 0 aliphatic heterocycles. The predicted molar refractivity (Wildman–Crippen MR) is 198 cm³/mol. The van der Waals surface area contributed by atoms with Crippen LogP contribution >= 0.6 is 8.25 Å². The molecule has 0 saturated carbocycles. The quantitative estimate of drug-likeness (QED) is 0.0978. The van der Waals surface area contributed by atoms with Gasteiger partial charge in [-0.3, -0.25) is 4.57 Å². The van der Waals surface area contributed by atoms with Crippen LogP contribution in [0.3, 0.4) is 0 Å². The van der Waals surface area contributed by atoms with Crippen LogP contribution in [0.15, 0.2) is 182 Å². The Labute approximate surface area is 286 Å². The molecule has 0 unspecified atom stereocenters. The fourth-order valence-electron chi connectivity index (χ4n) is 6.87. The van der Waals surface area contributed by atoms with E-state index in [1.54, 1.807) is 0 Å². The molecule has 6 aromatic rings. The van der Waals surface area contributed by atoms with Gasteiger partial charge in [-0.05, 0) is 59.1 Å². The maximum Gasteiger partial charge on any atom is 0.319 e. The molecule has 3 nitrogen and oxygen atoms in total. The van der Waals surface area contributed by atoms with Crippen molar-refractivity contribution < 1.29 is 13.6 Å². The third-order valence-corrected chi connectivity index (χ3v) is 10.0. The van der Waals surface area contributed by atoms with Gasteiger partial charge in [-0.1, -0.05) is 182 Å². The molecule has 0 spiro atoms. The maximum absolute atomic E-state index is 13.9. The zero-order valence-corrected chi connectivity index (χ0v) is 28.3. The predicted octanol–water partition coefficient (Wildman–Crippen LogP) is 10.3. The Kier molecular flexibility index (Phi) is 11.5. The lowest BCUT2D eigenvalue weighted by Gasteiger charge is -2.36. The second-order valence-corrected chi connectivity index (χ2v) is 13.8. The van der Waals surface area contributed by atoms with Crippen LogP contribution in [-0.2, 0) is 50.1 Å². The van der Waals surface area contributed by atoms with E-state index in [-0.39, 0.29) is 13.2 Å². The molecule has 0 aromatic heterocycles. The van der Waals surface area contributed by atoms with Crippen LogP contribution in [-0.4, -0.2) is 13.2 Å². The molecule has 4 heteroatoms. The largest absolute Gasteiger partial charge is 0.319 e. The molecule has 0 bridgehead atoms. The molecular weight excluding hydrogens is 607 g/mol. The molecule has 0 aliphatic rings. The third-order valence-electron chi connectivity index (χ3n) is 9.25. The van der Waals surface area contributed by atoms with E-state index in [1.807, 2.05) is 36.4 Å².